The second-order valence-corrected chi connectivity index (χ2v) is 6.43. The van der Waals surface area contributed by atoms with Crippen molar-refractivity contribution in [1.82, 2.24) is 4.90 Å². The van der Waals surface area contributed by atoms with Crippen molar-refractivity contribution in [2.24, 2.45) is 0 Å². The summed E-state index contributed by atoms with van der Waals surface area (Å²) in [4.78, 5) is 2.41. The number of phenols is 1. The van der Waals surface area contributed by atoms with Crippen LogP contribution in [0, 0.1) is 6.92 Å². The summed E-state index contributed by atoms with van der Waals surface area (Å²) in [6.45, 7) is 3.17. The maximum Gasteiger partial charge on any atom is 0.166 e. The molecule has 114 valence electrons. The summed E-state index contributed by atoms with van der Waals surface area (Å²) < 4.78 is 5.43. The van der Waals surface area contributed by atoms with Crippen LogP contribution < -0.4 is 4.74 Å². The van der Waals surface area contributed by atoms with E-state index < -0.39 is 0 Å². The van der Waals surface area contributed by atoms with Crippen LogP contribution in [0.2, 0.25) is 0 Å². The standard InChI is InChI=1S/C19H21NO2/c1-11-5-4-6-12-9-14-17-13(7-8-20(14)2)10-15(22-3)19(21)18(17)16(11)12/h4-6,10,14,21H,7-9H2,1-3H3/t14-/m0/s1. The van der Waals surface area contributed by atoms with Gasteiger partial charge in [0.15, 0.2) is 11.5 Å². The summed E-state index contributed by atoms with van der Waals surface area (Å²) in [7, 11) is 3.81. The fraction of sp³-hybridized carbons (Fsp3) is 0.368. The second-order valence-electron chi connectivity index (χ2n) is 6.43. The number of likely N-dealkylation sites (N-methyl/N-ethyl adjacent to an activating group) is 1. The van der Waals surface area contributed by atoms with Crippen LogP contribution in [0.25, 0.3) is 11.1 Å². The average Bonchev–Trinajstić information content (AvgIpc) is 2.52. The lowest BCUT2D eigenvalue weighted by atomic mass is 9.75. The van der Waals surface area contributed by atoms with E-state index in [9.17, 15) is 5.11 Å². The van der Waals surface area contributed by atoms with Crippen molar-refractivity contribution in [2.75, 3.05) is 20.7 Å². The first-order chi connectivity index (χ1) is 10.6. The predicted octanol–water partition coefficient (Wildman–Crippen LogP) is 3.46. The molecule has 0 fully saturated rings. The van der Waals surface area contributed by atoms with E-state index in [1.165, 1.54) is 27.8 Å². The highest BCUT2D eigenvalue weighted by molar-refractivity contribution is 5.85. The third-order valence-electron chi connectivity index (χ3n) is 5.23. The molecule has 1 aliphatic carbocycles. The molecule has 2 aromatic carbocycles. The van der Waals surface area contributed by atoms with Gasteiger partial charge in [-0.1, -0.05) is 18.2 Å². The van der Waals surface area contributed by atoms with E-state index in [4.69, 9.17) is 4.74 Å². The lowest BCUT2D eigenvalue weighted by molar-refractivity contribution is 0.227. The average molecular weight is 295 g/mol. The fourth-order valence-electron chi connectivity index (χ4n) is 4.11. The molecule has 0 aromatic heterocycles. The van der Waals surface area contributed by atoms with E-state index in [0.29, 0.717) is 11.8 Å². The molecule has 1 heterocycles. The van der Waals surface area contributed by atoms with Crippen molar-refractivity contribution in [2.45, 2.75) is 25.8 Å². The highest BCUT2D eigenvalue weighted by Gasteiger charge is 2.36. The number of hydrogen-bond acceptors (Lipinski definition) is 3. The number of aromatic hydroxyl groups is 1. The summed E-state index contributed by atoms with van der Waals surface area (Å²) in [5.41, 5.74) is 7.35. The molecule has 1 atom stereocenters. The number of nitrogens with zero attached hydrogens (tertiary/aromatic N) is 1. The quantitative estimate of drug-likeness (QED) is 0.874. The van der Waals surface area contributed by atoms with Crippen LogP contribution in [0.1, 0.15) is 28.3 Å². The minimum absolute atomic E-state index is 0.289. The number of phenolic OH excluding ortho intramolecular Hbond substituents is 1. The SMILES string of the molecule is COc1cc2c3c(c1O)-c1c(C)cccc1C[C@@H]3N(C)CC2. The van der Waals surface area contributed by atoms with Crippen molar-refractivity contribution in [3.05, 3.63) is 46.5 Å². The second kappa shape index (κ2) is 4.75. The first-order valence-corrected chi connectivity index (χ1v) is 7.83. The van der Waals surface area contributed by atoms with Crippen LogP contribution in [-0.2, 0) is 12.8 Å². The summed E-state index contributed by atoms with van der Waals surface area (Å²) in [6, 6.07) is 8.80. The van der Waals surface area contributed by atoms with Crippen LogP contribution >= 0.6 is 0 Å². The molecule has 0 saturated carbocycles. The van der Waals surface area contributed by atoms with Gasteiger partial charge in [0.1, 0.15) is 0 Å². The molecule has 0 bridgehead atoms. The third kappa shape index (κ3) is 1.72. The Morgan fingerprint density at radius 2 is 2.05 bits per heavy atom. The molecular weight excluding hydrogens is 274 g/mol. The topological polar surface area (TPSA) is 32.7 Å². The van der Waals surface area contributed by atoms with Crippen LogP contribution in [0.4, 0.5) is 0 Å². The highest BCUT2D eigenvalue weighted by Crippen LogP contribution is 2.52. The number of ether oxygens (including phenoxy) is 1. The van der Waals surface area contributed by atoms with Gasteiger partial charge in [-0.2, -0.15) is 0 Å². The Hall–Kier alpha value is -2.00. The Balaban J connectivity index is 2.11. The molecule has 2 aromatic rings. The smallest absolute Gasteiger partial charge is 0.166 e. The Bertz CT molecular complexity index is 767. The summed E-state index contributed by atoms with van der Waals surface area (Å²) in [6.07, 6.45) is 2.02. The number of rotatable bonds is 1. The number of hydrogen-bond donors (Lipinski definition) is 1. The van der Waals surface area contributed by atoms with Gasteiger partial charge in [-0.15, -0.1) is 0 Å². The Morgan fingerprint density at radius 1 is 1.23 bits per heavy atom. The highest BCUT2D eigenvalue weighted by atomic mass is 16.5. The molecule has 0 spiro atoms. The van der Waals surface area contributed by atoms with Gasteiger partial charge in [-0.25, -0.2) is 0 Å². The van der Waals surface area contributed by atoms with Crippen LogP contribution in [-0.4, -0.2) is 30.7 Å². The molecule has 2 aliphatic rings. The summed E-state index contributed by atoms with van der Waals surface area (Å²) in [5, 5.41) is 10.8. The molecule has 4 rings (SSSR count). The molecule has 0 unspecified atom stereocenters. The number of benzene rings is 2. The predicted molar refractivity (Wildman–Crippen MR) is 87.6 cm³/mol. The maximum absolute atomic E-state index is 10.8. The first-order valence-electron chi connectivity index (χ1n) is 7.83. The van der Waals surface area contributed by atoms with Gasteiger partial charge in [0.25, 0.3) is 0 Å². The van der Waals surface area contributed by atoms with Crippen LogP contribution in [0.5, 0.6) is 11.5 Å². The maximum atomic E-state index is 10.8. The summed E-state index contributed by atoms with van der Waals surface area (Å²) in [5.74, 6) is 0.880. The zero-order chi connectivity index (χ0) is 15.4. The van der Waals surface area contributed by atoms with Crippen LogP contribution in [0.3, 0.4) is 0 Å². The van der Waals surface area contributed by atoms with Crippen LogP contribution in [0.15, 0.2) is 24.3 Å². The fourth-order valence-corrected chi connectivity index (χ4v) is 4.11. The van der Waals surface area contributed by atoms with Gasteiger partial charge < -0.3 is 9.84 Å². The van der Waals surface area contributed by atoms with Gasteiger partial charge in [0.05, 0.1) is 7.11 Å². The van der Waals surface area contributed by atoms with Crippen molar-refractivity contribution >= 4 is 0 Å². The van der Waals surface area contributed by atoms with Crippen molar-refractivity contribution < 1.29 is 9.84 Å². The summed E-state index contributed by atoms with van der Waals surface area (Å²) >= 11 is 0. The van der Waals surface area contributed by atoms with E-state index in [0.717, 1.165) is 24.9 Å². The number of fused-ring (bicyclic) bond motifs is 2. The first kappa shape index (κ1) is 13.6. The largest absolute Gasteiger partial charge is 0.504 e. The lowest BCUT2D eigenvalue weighted by Crippen LogP contribution is -2.35. The minimum atomic E-state index is 0.289. The van der Waals surface area contributed by atoms with Gasteiger partial charge in [0, 0.05) is 18.2 Å². The Kier molecular flexibility index (Phi) is 2.95. The van der Waals surface area contributed by atoms with Gasteiger partial charge in [-0.3, -0.25) is 4.90 Å². The van der Waals surface area contributed by atoms with Gasteiger partial charge in [-0.05, 0) is 60.7 Å². The number of methoxy groups -OCH3 is 1. The monoisotopic (exact) mass is 295 g/mol. The Labute approximate surface area is 131 Å². The van der Waals surface area contributed by atoms with Crippen molar-refractivity contribution in [1.29, 1.82) is 0 Å². The number of aryl methyl sites for hydroxylation is 1. The van der Waals surface area contributed by atoms with Gasteiger partial charge in [0.2, 0.25) is 0 Å². The van der Waals surface area contributed by atoms with E-state index in [1.807, 2.05) is 6.07 Å². The van der Waals surface area contributed by atoms with E-state index in [2.05, 4.69) is 37.1 Å². The van der Waals surface area contributed by atoms with E-state index in [-0.39, 0.29) is 5.75 Å². The molecule has 0 radical (unpaired) electrons. The third-order valence-corrected chi connectivity index (χ3v) is 5.23. The van der Waals surface area contributed by atoms with Crippen molar-refractivity contribution in [3.8, 4) is 22.6 Å². The molecular formula is C19H21NO2. The van der Waals surface area contributed by atoms with E-state index >= 15 is 0 Å². The molecule has 1 aliphatic heterocycles. The van der Waals surface area contributed by atoms with E-state index in [1.54, 1.807) is 7.11 Å². The minimum Gasteiger partial charge on any atom is -0.504 e. The zero-order valence-electron chi connectivity index (χ0n) is 13.3. The van der Waals surface area contributed by atoms with Gasteiger partial charge >= 0.3 is 0 Å². The molecule has 0 amide bonds. The Morgan fingerprint density at radius 3 is 2.82 bits per heavy atom. The normalized spacial score (nSPS) is 19.5. The molecule has 0 saturated heterocycles. The molecule has 3 heteroatoms. The zero-order valence-corrected chi connectivity index (χ0v) is 13.3. The molecule has 22 heavy (non-hydrogen) atoms. The molecule has 1 N–H and O–H groups in total. The lowest BCUT2D eigenvalue weighted by Gasteiger charge is -2.40. The van der Waals surface area contributed by atoms with Crippen molar-refractivity contribution in [3.63, 3.8) is 0 Å². The molecule has 3 nitrogen and oxygen atoms in total.